The molecule has 0 bridgehead atoms. The molecule has 2 aliphatic heterocycles. The molecule has 20 heteroatoms. The van der Waals surface area contributed by atoms with E-state index >= 15 is 4.57 Å². The van der Waals surface area contributed by atoms with Crippen LogP contribution < -0.4 is 32.4 Å². The normalized spacial score (nSPS) is 20.6. The highest BCUT2D eigenvalue weighted by Crippen LogP contribution is 2.54. The summed E-state index contributed by atoms with van der Waals surface area (Å²) in [6.07, 6.45) is -1.61. The Balaban J connectivity index is 1.09. The van der Waals surface area contributed by atoms with E-state index < -0.39 is 87.9 Å². The van der Waals surface area contributed by atoms with E-state index in [-0.39, 0.29) is 37.6 Å². The zero-order valence-corrected chi connectivity index (χ0v) is 44.0. The van der Waals surface area contributed by atoms with E-state index in [0.29, 0.717) is 28.7 Å². The first-order chi connectivity index (χ1) is 35.5. The monoisotopic (exact) mass is 1040 g/mol. The first-order valence-corrected chi connectivity index (χ1v) is 27.8. The number of carbonyl (C=O) groups is 2. The first-order valence-electron chi connectivity index (χ1n) is 24.5. The van der Waals surface area contributed by atoms with Crippen LogP contribution in [0.5, 0.6) is 0 Å². The van der Waals surface area contributed by atoms with Gasteiger partial charge in [-0.25, -0.2) is 20.7 Å². The van der Waals surface area contributed by atoms with Crippen LogP contribution in [0.2, 0.25) is 5.04 Å². The lowest BCUT2D eigenvalue weighted by Crippen LogP contribution is -2.68. The number of phosphoric ester groups is 1. The van der Waals surface area contributed by atoms with Crippen LogP contribution in [-0.4, -0.2) is 83.4 Å². The predicted molar refractivity (Wildman–Crippen MR) is 281 cm³/mol. The van der Waals surface area contributed by atoms with Gasteiger partial charge >= 0.3 is 19.2 Å². The van der Waals surface area contributed by atoms with Crippen LogP contribution >= 0.6 is 7.82 Å². The van der Waals surface area contributed by atoms with Gasteiger partial charge in [0.25, 0.3) is 20.1 Å². The molecule has 2 aromatic heterocycles. The number of phosphoric acid groups is 1. The molecule has 4 heterocycles. The van der Waals surface area contributed by atoms with Crippen LogP contribution in [0.15, 0.2) is 143 Å². The molecule has 6 aromatic rings. The van der Waals surface area contributed by atoms with Gasteiger partial charge in [0.1, 0.15) is 36.8 Å². The third-order valence-corrected chi connectivity index (χ3v) is 19.6. The average molecular weight is 1040 g/mol. The first kappa shape index (κ1) is 53.6. The molecule has 0 radical (unpaired) electrons. The van der Waals surface area contributed by atoms with Crippen LogP contribution in [0, 0.1) is 20.4 Å². The number of anilines is 2. The number of nitrogens with zero attached hydrogens (tertiary/aromatic N) is 5. The van der Waals surface area contributed by atoms with Gasteiger partial charge in [0, 0.05) is 47.5 Å². The molecule has 2 saturated heterocycles. The van der Waals surface area contributed by atoms with E-state index in [1.807, 2.05) is 43.3 Å². The molecule has 8 rings (SSSR count). The van der Waals surface area contributed by atoms with Gasteiger partial charge in [-0.2, -0.15) is 9.97 Å². The number of hydrogen-bond donors (Lipinski definition) is 2. The molecular formula is C54H60N7O11PSi. The van der Waals surface area contributed by atoms with Crippen molar-refractivity contribution in [3.05, 3.63) is 188 Å². The fourth-order valence-electron chi connectivity index (χ4n) is 9.37. The lowest BCUT2D eigenvalue weighted by molar-refractivity contribution is -0.0518. The summed E-state index contributed by atoms with van der Waals surface area (Å²) < 4.78 is 56.8. The maximum Gasteiger partial charge on any atom is 0.475 e. The molecule has 2 fully saturated rings. The Morgan fingerprint density at radius 3 is 1.61 bits per heavy atom. The second kappa shape index (κ2) is 23.2. The molecule has 7 atom stereocenters. The SMILES string of the molecule is [C-]#[N+]CCOP(=O)(OC[C@H]1O[C@@H](n2cc(C)c(NC(=O)c3ccccc3)nc2=O)C[C@H]1O[Si](c1ccccc1)(c1ccccc1)C(C)(C)C)O[C@@H]1C[C@H](n2cc(C)c(NC(=O)c3ccccc3)nc2=O)O[C@@H]1CC. The Morgan fingerprint density at radius 2 is 1.16 bits per heavy atom. The molecule has 18 nitrogen and oxygen atoms in total. The Labute approximate surface area is 430 Å². The molecule has 386 valence electrons. The molecule has 2 aliphatic rings. The summed E-state index contributed by atoms with van der Waals surface area (Å²) in [6, 6.07) is 37.2. The van der Waals surface area contributed by atoms with E-state index in [0.717, 1.165) is 10.4 Å². The minimum absolute atomic E-state index is 0.0352. The summed E-state index contributed by atoms with van der Waals surface area (Å²) in [5.74, 6) is -0.664. The van der Waals surface area contributed by atoms with Crippen LogP contribution in [-0.2, 0) is 32.0 Å². The summed E-state index contributed by atoms with van der Waals surface area (Å²) in [5.41, 5.74) is 0.402. The third kappa shape index (κ3) is 11.9. The number of aromatic nitrogens is 4. The Morgan fingerprint density at radius 1 is 0.716 bits per heavy atom. The molecule has 1 unspecified atom stereocenters. The van der Waals surface area contributed by atoms with E-state index in [4.69, 9.17) is 34.0 Å². The van der Waals surface area contributed by atoms with Gasteiger partial charge in [0.2, 0.25) is 6.54 Å². The van der Waals surface area contributed by atoms with Crippen molar-refractivity contribution in [2.45, 2.75) is 103 Å². The maximum absolute atomic E-state index is 15.0. The zero-order chi connectivity index (χ0) is 52.6. The van der Waals surface area contributed by atoms with E-state index in [2.05, 4.69) is 70.5 Å². The van der Waals surface area contributed by atoms with Crippen LogP contribution in [0.25, 0.3) is 4.85 Å². The van der Waals surface area contributed by atoms with Gasteiger partial charge in [-0.1, -0.05) is 125 Å². The minimum atomic E-state index is -4.59. The highest BCUT2D eigenvalue weighted by Gasteiger charge is 2.54. The number of aryl methyl sites for hydroxylation is 2. The quantitative estimate of drug-likeness (QED) is 0.0342. The lowest BCUT2D eigenvalue weighted by atomic mass is 10.1. The number of hydrogen-bond acceptors (Lipinski definition) is 13. The van der Waals surface area contributed by atoms with Crippen molar-refractivity contribution in [2.75, 3.05) is 30.4 Å². The average Bonchev–Trinajstić information content (AvgIpc) is 4.00. The molecule has 0 aliphatic carbocycles. The van der Waals surface area contributed by atoms with Crippen molar-refractivity contribution >= 4 is 50.0 Å². The van der Waals surface area contributed by atoms with E-state index in [9.17, 15) is 19.2 Å². The van der Waals surface area contributed by atoms with Crippen molar-refractivity contribution in [2.24, 2.45) is 0 Å². The molecule has 74 heavy (non-hydrogen) atoms. The standard InChI is InChI=1S/C54H60N7O11PSi/c1-8-42-43(31-46(69-42)60-33-36(2)48(58-52(60)64)56-50(62)38-21-13-9-14-22-38)71-73(66,67-30-29-55-7)68-35-45-44(72-74(54(4,5)6,40-25-17-11-18-26-40)41-27-19-12-20-28-41)32-47(70-45)61-34-37(3)49(59-53(61)65)57-51(63)39-23-15-10-16-24-39/h9-28,33-34,42-47H,8,29-32,35H2,1-6H3,(H,56,58,62,64)(H,57,59,63,65)/t42-,43-,44-,45-,46-,47-,73?/m1/s1. The molecule has 4 aromatic carbocycles. The lowest BCUT2D eigenvalue weighted by Gasteiger charge is -2.45. The molecular weight excluding hydrogens is 982 g/mol. The van der Waals surface area contributed by atoms with Crippen LogP contribution in [0.4, 0.5) is 11.6 Å². The molecule has 0 spiro atoms. The zero-order valence-electron chi connectivity index (χ0n) is 42.1. The molecule has 2 N–H and O–H groups in total. The van der Waals surface area contributed by atoms with Gasteiger partial charge in [-0.15, -0.1) is 0 Å². The second-order valence-electron chi connectivity index (χ2n) is 19.1. The minimum Gasteiger partial charge on any atom is -0.402 e. The summed E-state index contributed by atoms with van der Waals surface area (Å²) in [4.78, 5) is 65.4. The van der Waals surface area contributed by atoms with Crippen molar-refractivity contribution in [3.8, 4) is 0 Å². The van der Waals surface area contributed by atoms with Gasteiger partial charge in [0.15, 0.2) is 0 Å². The van der Waals surface area contributed by atoms with Crippen molar-refractivity contribution in [1.82, 2.24) is 19.1 Å². The largest absolute Gasteiger partial charge is 0.475 e. The number of benzene rings is 4. The van der Waals surface area contributed by atoms with Crippen molar-refractivity contribution < 1.29 is 41.6 Å². The van der Waals surface area contributed by atoms with Gasteiger partial charge in [0.05, 0.1) is 24.9 Å². The van der Waals surface area contributed by atoms with E-state index in [1.165, 1.54) is 15.3 Å². The third-order valence-electron chi connectivity index (χ3n) is 13.0. The highest BCUT2D eigenvalue weighted by atomic mass is 31.2. The van der Waals surface area contributed by atoms with Crippen molar-refractivity contribution in [3.63, 3.8) is 0 Å². The second-order valence-corrected chi connectivity index (χ2v) is 25.0. The summed E-state index contributed by atoms with van der Waals surface area (Å²) in [7, 11) is -7.91. The van der Waals surface area contributed by atoms with Crippen LogP contribution in [0.3, 0.4) is 0 Å². The maximum atomic E-state index is 15.0. The highest BCUT2D eigenvalue weighted by molar-refractivity contribution is 7.48. The number of rotatable bonds is 19. The van der Waals surface area contributed by atoms with Crippen molar-refractivity contribution in [1.29, 1.82) is 0 Å². The topological polar surface area (TPSA) is 205 Å². The number of nitrogens with one attached hydrogen (secondary N) is 2. The molecule has 0 saturated carbocycles. The Kier molecular flexibility index (Phi) is 16.8. The number of ether oxygens (including phenoxy) is 2. The Hall–Kier alpha value is -6.72. The Bertz CT molecular complexity index is 3100. The fourth-order valence-corrected chi connectivity index (χ4v) is 15.5. The number of amides is 2. The number of carbonyl (C=O) groups excluding carboxylic acids is 2. The van der Waals surface area contributed by atoms with Gasteiger partial charge in [-0.05, 0) is 59.9 Å². The summed E-state index contributed by atoms with van der Waals surface area (Å²) >= 11 is 0. The fraction of sp³-hybridized carbons (Fsp3) is 0.352. The smallest absolute Gasteiger partial charge is 0.402 e. The van der Waals surface area contributed by atoms with E-state index in [1.54, 1.807) is 80.7 Å². The summed E-state index contributed by atoms with van der Waals surface area (Å²) in [6.45, 7) is 18.2. The van der Waals surface area contributed by atoms with Gasteiger partial charge in [-0.3, -0.25) is 32.3 Å². The van der Waals surface area contributed by atoms with Crippen LogP contribution in [0.1, 0.15) is 91.3 Å². The predicted octanol–water partition coefficient (Wildman–Crippen LogP) is 8.00. The summed E-state index contributed by atoms with van der Waals surface area (Å²) in [5, 5.41) is 6.96. The molecule has 2 amide bonds. The van der Waals surface area contributed by atoms with Gasteiger partial charge < -0.3 is 29.4 Å².